The quantitative estimate of drug-likeness (QED) is 0.877. The molecule has 1 heterocycles. The van der Waals surface area contributed by atoms with Crippen molar-refractivity contribution in [1.82, 2.24) is 4.31 Å². The van der Waals surface area contributed by atoms with Crippen LogP contribution in [0.4, 0.5) is 0 Å². The Hall–Kier alpha value is -0.430. The summed E-state index contributed by atoms with van der Waals surface area (Å²) in [6, 6.07) is 3.40. The van der Waals surface area contributed by atoms with Crippen LogP contribution in [0.1, 0.15) is 25.1 Å². The largest absolute Gasteiger partial charge is 0.326 e. The zero-order valence-corrected chi connectivity index (χ0v) is 11.4. The minimum Gasteiger partial charge on any atom is -0.326 e. The molecule has 0 saturated heterocycles. The molecule has 0 aliphatic heterocycles. The fraction of sp³-hybridized carbons (Fsp3) is 0.600. The second kappa shape index (κ2) is 5.27. The summed E-state index contributed by atoms with van der Waals surface area (Å²) >= 11 is 1.24. The van der Waals surface area contributed by atoms with Crippen LogP contribution in [0, 0.1) is 0 Å². The number of nitrogens with two attached hydrogens (primary N) is 1. The Morgan fingerprint density at radius 1 is 1.50 bits per heavy atom. The first-order chi connectivity index (χ1) is 7.43. The Morgan fingerprint density at radius 2 is 2.12 bits per heavy atom. The van der Waals surface area contributed by atoms with E-state index >= 15 is 0 Å². The van der Waals surface area contributed by atoms with Crippen LogP contribution in [0.3, 0.4) is 0 Å². The summed E-state index contributed by atoms with van der Waals surface area (Å²) in [7, 11) is -1.73. The maximum Gasteiger partial charge on any atom is 0.252 e. The Kier molecular flexibility index (Phi) is 4.49. The maximum atomic E-state index is 12.2. The summed E-state index contributed by atoms with van der Waals surface area (Å²) in [4.78, 5) is 0.885. The van der Waals surface area contributed by atoms with E-state index in [4.69, 9.17) is 5.73 Å². The van der Waals surface area contributed by atoms with Gasteiger partial charge in [-0.3, -0.25) is 0 Å². The van der Waals surface area contributed by atoms with E-state index in [-0.39, 0.29) is 6.04 Å². The van der Waals surface area contributed by atoms with Gasteiger partial charge < -0.3 is 5.73 Å². The van der Waals surface area contributed by atoms with Gasteiger partial charge in [-0.15, -0.1) is 11.3 Å². The molecule has 0 radical (unpaired) electrons. The zero-order valence-electron chi connectivity index (χ0n) is 9.80. The second-order valence-electron chi connectivity index (χ2n) is 3.70. The van der Waals surface area contributed by atoms with E-state index in [1.54, 1.807) is 19.2 Å². The highest BCUT2D eigenvalue weighted by atomic mass is 32.2. The van der Waals surface area contributed by atoms with E-state index in [2.05, 4.69) is 0 Å². The topological polar surface area (TPSA) is 63.4 Å². The van der Waals surface area contributed by atoms with Crippen molar-refractivity contribution in [3.63, 3.8) is 0 Å². The van der Waals surface area contributed by atoms with Gasteiger partial charge in [-0.05, 0) is 25.5 Å². The number of hydrogen-bond donors (Lipinski definition) is 1. The van der Waals surface area contributed by atoms with Crippen LogP contribution in [0.2, 0.25) is 0 Å². The highest BCUT2D eigenvalue weighted by molar-refractivity contribution is 7.91. The van der Waals surface area contributed by atoms with E-state index in [9.17, 15) is 8.42 Å². The van der Waals surface area contributed by atoms with Gasteiger partial charge in [-0.1, -0.05) is 6.92 Å². The Balaban J connectivity index is 3.01. The van der Waals surface area contributed by atoms with Crippen LogP contribution in [-0.2, 0) is 16.6 Å². The molecule has 0 bridgehead atoms. The lowest BCUT2D eigenvalue weighted by atomic mass is 10.3. The lowest BCUT2D eigenvalue weighted by Crippen LogP contribution is -2.34. The fourth-order valence-corrected chi connectivity index (χ4v) is 4.10. The zero-order chi connectivity index (χ0) is 12.3. The van der Waals surface area contributed by atoms with Crippen molar-refractivity contribution in [2.24, 2.45) is 5.73 Å². The molecule has 6 heteroatoms. The predicted molar refractivity (Wildman–Crippen MR) is 66.9 cm³/mol. The fourth-order valence-electron chi connectivity index (χ4n) is 1.24. The number of sulfonamides is 1. The minimum atomic E-state index is -3.34. The molecule has 16 heavy (non-hydrogen) atoms. The maximum absolute atomic E-state index is 12.2. The van der Waals surface area contributed by atoms with Gasteiger partial charge in [0.2, 0.25) is 0 Å². The van der Waals surface area contributed by atoms with Crippen LogP contribution in [0.15, 0.2) is 16.3 Å². The lowest BCUT2D eigenvalue weighted by Gasteiger charge is -2.22. The van der Waals surface area contributed by atoms with E-state index in [1.165, 1.54) is 15.6 Å². The molecule has 1 atom stereocenters. The minimum absolute atomic E-state index is 0.00780. The monoisotopic (exact) mass is 262 g/mol. The molecule has 0 aliphatic rings. The Labute approximate surface area is 101 Å². The standard InChI is InChI=1S/C10H18N2O2S2/c1-4-8(2)12(3)16(13,14)10-6-5-9(7-11)15-10/h5-6,8H,4,7,11H2,1-3H3. The van der Waals surface area contributed by atoms with Crippen LogP contribution in [-0.4, -0.2) is 25.8 Å². The third kappa shape index (κ3) is 2.63. The van der Waals surface area contributed by atoms with E-state index in [1.807, 2.05) is 13.8 Å². The molecule has 0 fully saturated rings. The molecule has 0 amide bonds. The van der Waals surface area contributed by atoms with E-state index < -0.39 is 10.0 Å². The molecule has 0 aromatic carbocycles. The van der Waals surface area contributed by atoms with Gasteiger partial charge in [-0.25, -0.2) is 8.42 Å². The Bertz CT molecular complexity index is 439. The van der Waals surface area contributed by atoms with Gasteiger partial charge in [0.25, 0.3) is 10.0 Å². The van der Waals surface area contributed by atoms with Crippen molar-refractivity contribution in [3.05, 3.63) is 17.0 Å². The van der Waals surface area contributed by atoms with E-state index in [0.29, 0.717) is 10.8 Å². The molecule has 2 N–H and O–H groups in total. The summed E-state index contributed by atoms with van der Waals surface area (Å²) in [6.07, 6.45) is 0.796. The lowest BCUT2D eigenvalue weighted by molar-refractivity contribution is 0.381. The number of thiophene rings is 1. The molecule has 1 unspecified atom stereocenters. The summed E-state index contributed by atoms with van der Waals surface area (Å²) in [5.41, 5.74) is 5.47. The third-order valence-corrected chi connectivity index (χ3v) is 6.23. The number of rotatable bonds is 5. The summed E-state index contributed by atoms with van der Waals surface area (Å²) in [5, 5.41) is 0. The highest BCUT2D eigenvalue weighted by Gasteiger charge is 2.25. The highest BCUT2D eigenvalue weighted by Crippen LogP contribution is 2.25. The van der Waals surface area contributed by atoms with Crippen molar-refractivity contribution in [1.29, 1.82) is 0 Å². The van der Waals surface area contributed by atoms with Gasteiger partial charge in [0.05, 0.1) is 0 Å². The average Bonchev–Trinajstić information content (AvgIpc) is 2.75. The first-order valence-corrected chi connectivity index (χ1v) is 7.46. The molecule has 0 aliphatic carbocycles. The molecule has 1 rings (SSSR count). The second-order valence-corrected chi connectivity index (χ2v) is 7.10. The molecule has 0 spiro atoms. The molecular weight excluding hydrogens is 244 g/mol. The molecule has 4 nitrogen and oxygen atoms in total. The van der Waals surface area contributed by atoms with E-state index in [0.717, 1.165) is 11.3 Å². The molecule has 0 saturated carbocycles. The smallest absolute Gasteiger partial charge is 0.252 e. The summed E-state index contributed by atoms with van der Waals surface area (Å²) in [5.74, 6) is 0. The number of hydrogen-bond acceptors (Lipinski definition) is 4. The van der Waals surface area contributed by atoms with Crippen LogP contribution >= 0.6 is 11.3 Å². The van der Waals surface area contributed by atoms with Gasteiger partial charge in [0, 0.05) is 24.5 Å². The molecule has 92 valence electrons. The van der Waals surface area contributed by atoms with Crippen molar-refractivity contribution in [2.75, 3.05) is 7.05 Å². The van der Waals surface area contributed by atoms with Gasteiger partial charge in [0.15, 0.2) is 0 Å². The SMILES string of the molecule is CCC(C)N(C)S(=O)(=O)c1ccc(CN)s1. The predicted octanol–water partition coefficient (Wildman–Crippen LogP) is 1.63. The first kappa shape index (κ1) is 13.6. The van der Waals surface area contributed by atoms with Crippen molar-refractivity contribution in [3.8, 4) is 0 Å². The molecular formula is C10H18N2O2S2. The van der Waals surface area contributed by atoms with Crippen LogP contribution in [0.5, 0.6) is 0 Å². The summed E-state index contributed by atoms with van der Waals surface area (Å²) in [6.45, 7) is 4.25. The van der Waals surface area contributed by atoms with Crippen molar-refractivity contribution >= 4 is 21.4 Å². The first-order valence-electron chi connectivity index (χ1n) is 5.20. The van der Waals surface area contributed by atoms with Crippen LogP contribution in [0.25, 0.3) is 0 Å². The molecule has 1 aromatic heterocycles. The van der Waals surface area contributed by atoms with Gasteiger partial charge in [0.1, 0.15) is 4.21 Å². The van der Waals surface area contributed by atoms with Crippen molar-refractivity contribution in [2.45, 2.75) is 37.1 Å². The molecule has 1 aromatic rings. The van der Waals surface area contributed by atoms with Gasteiger partial charge >= 0.3 is 0 Å². The van der Waals surface area contributed by atoms with Gasteiger partial charge in [-0.2, -0.15) is 4.31 Å². The normalized spacial score (nSPS) is 14.3. The van der Waals surface area contributed by atoms with Crippen molar-refractivity contribution < 1.29 is 8.42 Å². The Morgan fingerprint density at radius 3 is 2.56 bits per heavy atom. The summed E-state index contributed by atoms with van der Waals surface area (Å²) < 4.78 is 26.1. The average molecular weight is 262 g/mol. The third-order valence-electron chi connectivity index (χ3n) is 2.68. The number of nitrogens with zero attached hydrogens (tertiary/aromatic N) is 1. The van der Waals surface area contributed by atoms with Crippen LogP contribution < -0.4 is 5.73 Å².